The molecule has 0 saturated carbocycles. The molecule has 2 heterocycles. The lowest BCUT2D eigenvalue weighted by atomic mass is 10.1. The van der Waals surface area contributed by atoms with Gasteiger partial charge in [-0.15, -0.1) is 16.4 Å². The zero-order valence-corrected chi connectivity index (χ0v) is 17.4. The third-order valence-corrected chi connectivity index (χ3v) is 4.93. The van der Waals surface area contributed by atoms with Crippen molar-refractivity contribution in [2.45, 2.75) is 13.8 Å². The molecule has 0 aliphatic heterocycles. The molecule has 29 heavy (non-hydrogen) atoms. The first-order chi connectivity index (χ1) is 13.9. The smallest absolute Gasteiger partial charge is 0.322 e. The molecule has 0 saturated heterocycles. The summed E-state index contributed by atoms with van der Waals surface area (Å²) in [5, 5.41) is 11.3. The molecular weight excluding hydrogens is 396 g/mol. The number of carbonyl (C=O) groups is 1. The van der Waals surface area contributed by atoms with Crippen LogP contribution in [0.4, 0.5) is 6.01 Å². The summed E-state index contributed by atoms with van der Waals surface area (Å²) in [7, 11) is 4.57. The molecule has 9 nitrogen and oxygen atoms in total. The van der Waals surface area contributed by atoms with Crippen LogP contribution in [0.15, 0.2) is 22.6 Å². The number of nitrogens with one attached hydrogen (secondary N) is 1. The van der Waals surface area contributed by atoms with Crippen molar-refractivity contribution in [1.29, 1.82) is 0 Å². The Hall–Kier alpha value is -3.40. The lowest BCUT2D eigenvalue weighted by Gasteiger charge is -2.12. The van der Waals surface area contributed by atoms with Crippen LogP contribution in [0.1, 0.15) is 16.3 Å². The van der Waals surface area contributed by atoms with Crippen LogP contribution in [-0.2, 0) is 4.79 Å². The first-order valence-electron chi connectivity index (χ1n) is 8.52. The van der Waals surface area contributed by atoms with E-state index in [1.807, 2.05) is 13.8 Å². The number of anilines is 1. The molecule has 0 aliphatic rings. The van der Waals surface area contributed by atoms with Crippen LogP contribution in [0.25, 0.3) is 16.8 Å². The van der Waals surface area contributed by atoms with Crippen molar-refractivity contribution in [3.05, 3.63) is 34.5 Å². The Kier molecular flexibility index (Phi) is 6.13. The number of carbonyl (C=O) groups excluding carboxylic acids is 1. The normalized spacial score (nSPS) is 10.9. The van der Waals surface area contributed by atoms with Crippen molar-refractivity contribution >= 4 is 29.3 Å². The summed E-state index contributed by atoms with van der Waals surface area (Å²) in [4.78, 5) is 17.3. The minimum absolute atomic E-state index is 0.00463. The van der Waals surface area contributed by atoms with Gasteiger partial charge in [0.1, 0.15) is 4.88 Å². The number of thiazole rings is 1. The highest BCUT2D eigenvalue weighted by molar-refractivity contribution is 7.15. The van der Waals surface area contributed by atoms with Gasteiger partial charge in [-0.05, 0) is 37.6 Å². The highest BCUT2D eigenvalue weighted by Crippen LogP contribution is 2.38. The quantitative estimate of drug-likeness (QED) is 0.583. The molecule has 0 fully saturated rings. The number of amides is 1. The van der Waals surface area contributed by atoms with Gasteiger partial charge in [0.25, 0.3) is 11.8 Å². The molecule has 10 heteroatoms. The lowest BCUT2D eigenvalue weighted by Crippen LogP contribution is -2.07. The number of aryl methyl sites for hydroxylation is 2. The predicted molar refractivity (Wildman–Crippen MR) is 109 cm³/mol. The van der Waals surface area contributed by atoms with Crippen molar-refractivity contribution < 1.29 is 23.4 Å². The molecule has 0 spiro atoms. The summed E-state index contributed by atoms with van der Waals surface area (Å²) in [6, 6.07) is 3.46. The third kappa shape index (κ3) is 4.54. The van der Waals surface area contributed by atoms with Gasteiger partial charge in [0.2, 0.25) is 5.75 Å². The van der Waals surface area contributed by atoms with Gasteiger partial charge in [-0.25, -0.2) is 4.98 Å². The van der Waals surface area contributed by atoms with E-state index in [1.54, 1.807) is 18.2 Å². The highest BCUT2D eigenvalue weighted by atomic mass is 32.1. The molecule has 0 aliphatic carbocycles. The predicted octanol–water partition coefficient (Wildman–Crippen LogP) is 3.49. The van der Waals surface area contributed by atoms with Crippen molar-refractivity contribution in [3.63, 3.8) is 0 Å². The molecule has 2 aromatic heterocycles. The van der Waals surface area contributed by atoms with Crippen LogP contribution in [0.3, 0.4) is 0 Å². The average molecular weight is 416 g/mol. The van der Waals surface area contributed by atoms with E-state index >= 15 is 0 Å². The molecular formula is C19H20N4O5S. The van der Waals surface area contributed by atoms with E-state index in [2.05, 4.69) is 20.5 Å². The van der Waals surface area contributed by atoms with E-state index < -0.39 is 5.91 Å². The number of aromatic nitrogens is 3. The van der Waals surface area contributed by atoms with Crippen LogP contribution in [0.2, 0.25) is 0 Å². The molecule has 3 rings (SSSR count). The van der Waals surface area contributed by atoms with E-state index in [4.69, 9.17) is 18.6 Å². The van der Waals surface area contributed by atoms with Crippen molar-refractivity contribution in [2.24, 2.45) is 0 Å². The fourth-order valence-electron chi connectivity index (χ4n) is 2.61. The topological polar surface area (TPSA) is 109 Å². The van der Waals surface area contributed by atoms with Crippen LogP contribution in [-0.4, -0.2) is 42.4 Å². The van der Waals surface area contributed by atoms with Gasteiger partial charge in [0, 0.05) is 6.08 Å². The summed E-state index contributed by atoms with van der Waals surface area (Å²) in [6.45, 7) is 3.76. The summed E-state index contributed by atoms with van der Waals surface area (Å²) in [5.74, 6) is 1.35. The second-order valence-electron chi connectivity index (χ2n) is 5.84. The molecule has 1 N–H and O–H groups in total. The number of ether oxygens (including phenoxy) is 3. The van der Waals surface area contributed by atoms with Gasteiger partial charge in [0.05, 0.1) is 32.0 Å². The maximum Gasteiger partial charge on any atom is 0.322 e. The summed E-state index contributed by atoms with van der Waals surface area (Å²) in [5.41, 5.74) is 1.49. The second-order valence-corrected chi connectivity index (χ2v) is 7.04. The standard InChI is InChI=1S/C19H20N4O5S/c1-10-17(29-11(2)20-10)18-22-23-19(28-18)21-15(24)7-6-12-8-13(25-3)16(27-5)14(9-12)26-4/h6-9H,1-5H3,(H,21,23,24)/b7-6+. The van der Waals surface area contributed by atoms with Gasteiger partial charge in [-0.3, -0.25) is 10.1 Å². The zero-order chi connectivity index (χ0) is 21.0. The summed E-state index contributed by atoms with van der Waals surface area (Å²) in [6.07, 6.45) is 2.94. The molecule has 3 aromatic rings. The Morgan fingerprint density at radius 2 is 1.79 bits per heavy atom. The van der Waals surface area contributed by atoms with Crippen LogP contribution >= 0.6 is 11.3 Å². The fraction of sp³-hybridized carbons (Fsp3) is 0.263. The van der Waals surface area contributed by atoms with E-state index in [0.29, 0.717) is 28.7 Å². The monoisotopic (exact) mass is 416 g/mol. The molecule has 1 amide bonds. The fourth-order valence-corrected chi connectivity index (χ4v) is 3.45. The minimum atomic E-state index is -0.425. The van der Waals surface area contributed by atoms with E-state index in [-0.39, 0.29) is 6.01 Å². The Morgan fingerprint density at radius 3 is 2.34 bits per heavy atom. The average Bonchev–Trinajstić information content (AvgIpc) is 3.30. The minimum Gasteiger partial charge on any atom is -0.493 e. The van der Waals surface area contributed by atoms with Gasteiger partial charge in [0.15, 0.2) is 11.5 Å². The summed E-state index contributed by atoms with van der Waals surface area (Å²) >= 11 is 1.45. The number of rotatable bonds is 7. The molecule has 152 valence electrons. The van der Waals surface area contributed by atoms with E-state index in [1.165, 1.54) is 38.7 Å². The van der Waals surface area contributed by atoms with Crippen molar-refractivity contribution in [3.8, 4) is 28.0 Å². The Balaban J connectivity index is 1.73. The molecule has 0 bridgehead atoms. The summed E-state index contributed by atoms with van der Waals surface area (Å²) < 4.78 is 21.4. The maximum absolute atomic E-state index is 12.2. The second kappa shape index (κ2) is 8.74. The Morgan fingerprint density at radius 1 is 1.10 bits per heavy atom. The SMILES string of the molecule is COc1cc(/C=C/C(=O)Nc2nnc(-c3sc(C)nc3C)o2)cc(OC)c1OC. The number of nitrogens with zero attached hydrogens (tertiary/aromatic N) is 3. The number of methoxy groups -OCH3 is 3. The molecule has 0 unspecified atom stereocenters. The van der Waals surface area contributed by atoms with Gasteiger partial charge >= 0.3 is 6.01 Å². The Labute approximate surface area is 171 Å². The van der Waals surface area contributed by atoms with Gasteiger partial charge in [-0.1, -0.05) is 5.10 Å². The molecule has 1 aromatic carbocycles. The third-order valence-electron chi connectivity index (χ3n) is 3.87. The highest BCUT2D eigenvalue weighted by Gasteiger charge is 2.16. The van der Waals surface area contributed by atoms with Crippen LogP contribution < -0.4 is 19.5 Å². The molecule has 0 radical (unpaired) electrons. The largest absolute Gasteiger partial charge is 0.493 e. The number of benzene rings is 1. The molecule has 0 atom stereocenters. The number of hydrogen-bond acceptors (Lipinski definition) is 9. The maximum atomic E-state index is 12.2. The first kappa shape index (κ1) is 20.3. The van der Waals surface area contributed by atoms with Crippen molar-refractivity contribution in [1.82, 2.24) is 15.2 Å². The van der Waals surface area contributed by atoms with Crippen LogP contribution in [0, 0.1) is 13.8 Å². The van der Waals surface area contributed by atoms with Crippen LogP contribution in [0.5, 0.6) is 17.2 Å². The lowest BCUT2D eigenvalue weighted by molar-refractivity contribution is -0.112. The zero-order valence-electron chi connectivity index (χ0n) is 16.6. The Bertz CT molecular complexity index is 1030. The van der Waals surface area contributed by atoms with E-state index in [9.17, 15) is 4.79 Å². The first-order valence-corrected chi connectivity index (χ1v) is 9.33. The van der Waals surface area contributed by atoms with Gasteiger partial charge in [-0.2, -0.15) is 0 Å². The van der Waals surface area contributed by atoms with Crippen molar-refractivity contribution in [2.75, 3.05) is 26.6 Å². The number of hydrogen-bond donors (Lipinski definition) is 1. The van der Waals surface area contributed by atoms with E-state index in [0.717, 1.165) is 15.6 Å². The van der Waals surface area contributed by atoms with Gasteiger partial charge < -0.3 is 18.6 Å².